The SMILES string of the molecule is Cc1ncc2cccc(N)c2c1C. The average Bonchev–Trinajstić information content (AvgIpc) is 2.12. The summed E-state index contributed by atoms with van der Waals surface area (Å²) in [6, 6.07) is 5.91. The molecule has 0 atom stereocenters. The van der Waals surface area contributed by atoms with Gasteiger partial charge in [-0.05, 0) is 25.5 Å². The standard InChI is InChI=1S/C11H12N2/c1-7-8(2)13-6-9-4-3-5-10(12)11(7)9/h3-6H,12H2,1-2H3. The van der Waals surface area contributed by atoms with Crippen molar-refractivity contribution in [2.75, 3.05) is 5.73 Å². The molecule has 2 aromatic rings. The van der Waals surface area contributed by atoms with Gasteiger partial charge in [-0.2, -0.15) is 0 Å². The van der Waals surface area contributed by atoms with Crippen LogP contribution < -0.4 is 5.73 Å². The van der Waals surface area contributed by atoms with Gasteiger partial charge in [0.05, 0.1) is 0 Å². The number of aryl methyl sites for hydroxylation is 2. The van der Waals surface area contributed by atoms with E-state index in [-0.39, 0.29) is 0 Å². The van der Waals surface area contributed by atoms with E-state index in [9.17, 15) is 0 Å². The fraction of sp³-hybridized carbons (Fsp3) is 0.182. The van der Waals surface area contributed by atoms with Gasteiger partial charge in [0.25, 0.3) is 0 Å². The number of benzene rings is 1. The van der Waals surface area contributed by atoms with Crippen LogP contribution in [0, 0.1) is 13.8 Å². The molecule has 0 unspecified atom stereocenters. The maximum atomic E-state index is 5.90. The van der Waals surface area contributed by atoms with Crippen LogP contribution in [0.5, 0.6) is 0 Å². The van der Waals surface area contributed by atoms with Crippen molar-refractivity contribution in [3.05, 3.63) is 35.7 Å². The van der Waals surface area contributed by atoms with Gasteiger partial charge in [0, 0.05) is 28.4 Å². The first-order valence-corrected chi connectivity index (χ1v) is 4.30. The summed E-state index contributed by atoms with van der Waals surface area (Å²) in [5.74, 6) is 0. The highest BCUT2D eigenvalue weighted by Gasteiger charge is 2.03. The minimum atomic E-state index is 0.834. The Labute approximate surface area is 77.4 Å². The quantitative estimate of drug-likeness (QED) is 0.620. The van der Waals surface area contributed by atoms with Gasteiger partial charge in [-0.3, -0.25) is 4.98 Å². The molecule has 0 amide bonds. The molecule has 0 aliphatic heterocycles. The molecule has 1 aromatic carbocycles. The first-order valence-electron chi connectivity index (χ1n) is 4.30. The number of hydrogen-bond acceptors (Lipinski definition) is 2. The fourth-order valence-electron chi connectivity index (χ4n) is 1.57. The Morgan fingerprint density at radius 2 is 2.00 bits per heavy atom. The number of nitrogens with two attached hydrogens (primary N) is 1. The Morgan fingerprint density at radius 3 is 2.77 bits per heavy atom. The monoisotopic (exact) mass is 172 g/mol. The van der Waals surface area contributed by atoms with E-state index in [0.29, 0.717) is 0 Å². The third-order valence-corrected chi connectivity index (χ3v) is 2.44. The van der Waals surface area contributed by atoms with E-state index in [1.54, 1.807) is 0 Å². The maximum absolute atomic E-state index is 5.90. The highest BCUT2D eigenvalue weighted by Crippen LogP contribution is 2.24. The molecule has 0 saturated carbocycles. The van der Waals surface area contributed by atoms with Crippen LogP contribution >= 0.6 is 0 Å². The summed E-state index contributed by atoms with van der Waals surface area (Å²) in [6.45, 7) is 4.06. The Morgan fingerprint density at radius 1 is 1.23 bits per heavy atom. The van der Waals surface area contributed by atoms with Gasteiger partial charge < -0.3 is 5.73 Å². The lowest BCUT2D eigenvalue weighted by Gasteiger charge is -2.06. The van der Waals surface area contributed by atoms with Gasteiger partial charge in [0.15, 0.2) is 0 Å². The van der Waals surface area contributed by atoms with E-state index < -0.39 is 0 Å². The number of pyridine rings is 1. The number of nitrogens with zero attached hydrogens (tertiary/aromatic N) is 1. The molecule has 0 bridgehead atoms. The van der Waals surface area contributed by atoms with E-state index in [1.807, 2.05) is 31.3 Å². The van der Waals surface area contributed by atoms with Crippen LogP contribution in [0.15, 0.2) is 24.4 Å². The van der Waals surface area contributed by atoms with Crippen molar-refractivity contribution in [3.8, 4) is 0 Å². The molecule has 0 aliphatic rings. The predicted octanol–water partition coefficient (Wildman–Crippen LogP) is 2.43. The fourth-order valence-corrected chi connectivity index (χ4v) is 1.57. The van der Waals surface area contributed by atoms with Gasteiger partial charge in [0.1, 0.15) is 0 Å². The van der Waals surface area contributed by atoms with Crippen LogP contribution in [0.2, 0.25) is 0 Å². The third-order valence-electron chi connectivity index (χ3n) is 2.44. The van der Waals surface area contributed by atoms with Crippen LogP contribution in [0.25, 0.3) is 10.8 Å². The lowest BCUT2D eigenvalue weighted by atomic mass is 10.0. The van der Waals surface area contributed by atoms with Gasteiger partial charge in [0.2, 0.25) is 0 Å². The van der Waals surface area contributed by atoms with Gasteiger partial charge in [-0.1, -0.05) is 12.1 Å². The number of hydrogen-bond donors (Lipinski definition) is 1. The minimum Gasteiger partial charge on any atom is -0.398 e. The van der Waals surface area contributed by atoms with E-state index >= 15 is 0 Å². The zero-order valence-corrected chi connectivity index (χ0v) is 7.83. The Bertz CT molecular complexity index is 461. The highest BCUT2D eigenvalue weighted by atomic mass is 14.7. The molecular formula is C11H12N2. The molecule has 13 heavy (non-hydrogen) atoms. The molecule has 0 spiro atoms. The summed E-state index contributed by atoms with van der Waals surface area (Å²) in [7, 11) is 0. The normalized spacial score (nSPS) is 10.6. The second-order valence-corrected chi connectivity index (χ2v) is 3.28. The molecule has 2 rings (SSSR count). The molecule has 1 heterocycles. The largest absolute Gasteiger partial charge is 0.398 e. The molecule has 0 fully saturated rings. The average molecular weight is 172 g/mol. The zero-order valence-electron chi connectivity index (χ0n) is 7.83. The summed E-state index contributed by atoms with van der Waals surface area (Å²) in [4.78, 5) is 4.29. The molecule has 1 aromatic heterocycles. The number of rotatable bonds is 0. The van der Waals surface area contributed by atoms with E-state index in [4.69, 9.17) is 5.73 Å². The first kappa shape index (κ1) is 8.05. The smallest absolute Gasteiger partial charge is 0.0408 e. The summed E-state index contributed by atoms with van der Waals surface area (Å²) < 4.78 is 0. The number of aromatic nitrogens is 1. The molecule has 66 valence electrons. The lowest BCUT2D eigenvalue weighted by Crippen LogP contribution is -1.93. The zero-order chi connectivity index (χ0) is 9.42. The topological polar surface area (TPSA) is 38.9 Å². The van der Waals surface area contributed by atoms with Crippen molar-refractivity contribution >= 4 is 16.5 Å². The van der Waals surface area contributed by atoms with Crippen molar-refractivity contribution in [1.29, 1.82) is 0 Å². The number of fused-ring (bicyclic) bond motifs is 1. The van der Waals surface area contributed by atoms with Crippen molar-refractivity contribution < 1.29 is 0 Å². The van der Waals surface area contributed by atoms with Crippen LogP contribution in [0.1, 0.15) is 11.3 Å². The van der Waals surface area contributed by atoms with Gasteiger partial charge in [-0.25, -0.2) is 0 Å². The van der Waals surface area contributed by atoms with E-state index in [0.717, 1.165) is 22.2 Å². The van der Waals surface area contributed by atoms with Crippen molar-refractivity contribution in [2.45, 2.75) is 13.8 Å². The molecule has 0 radical (unpaired) electrons. The van der Waals surface area contributed by atoms with E-state index in [1.165, 1.54) is 5.56 Å². The summed E-state index contributed by atoms with van der Waals surface area (Å²) in [5, 5.41) is 2.25. The minimum absolute atomic E-state index is 0.834. The maximum Gasteiger partial charge on any atom is 0.0408 e. The number of anilines is 1. The molecule has 2 nitrogen and oxygen atoms in total. The van der Waals surface area contributed by atoms with Crippen LogP contribution in [0.3, 0.4) is 0 Å². The van der Waals surface area contributed by atoms with E-state index in [2.05, 4.69) is 11.9 Å². The predicted molar refractivity (Wildman–Crippen MR) is 55.6 cm³/mol. The molecule has 2 N–H and O–H groups in total. The van der Waals surface area contributed by atoms with Crippen LogP contribution in [0.4, 0.5) is 5.69 Å². The molecule has 0 aliphatic carbocycles. The summed E-state index contributed by atoms with van der Waals surface area (Å²) in [5.41, 5.74) is 8.96. The summed E-state index contributed by atoms with van der Waals surface area (Å²) in [6.07, 6.45) is 1.87. The van der Waals surface area contributed by atoms with Crippen molar-refractivity contribution in [3.63, 3.8) is 0 Å². The second kappa shape index (κ2) is 2.73. The number of nitrogen functional groups attached to an aromatic ring is 1. The third kappa shape index (κ3) is 1.15. The van der Waals surface area contributed by atoms with Crippen LogP contribution in [-0.2, 0) is 0 Å². The highest BCUT2D eigenvalue weighted by molar-refractivity contribution is 5.95. The molecule has 0 saturated heterocycles. The Hall–Kier alpha value is -1.57. The van der Waals surface area contributed by atoms with Crippen LogP contribution in [-0.4, -0.2) is 4.98 Å². The Balaban J connectivity index is 2.97. The lowest BCUT2D eigenvalue weighted by molar-refractivity contribution is 1.18. The first-order chi connectivity index (χ1) is 6.20. The van der Waals surface area contributed by atoms with Crippen molar-refractivity contribution in [2.24, 2.45) is 0 Å². The Kier molecular flexibility index (Phi) is 1.69. The van der Waals surface area contributed by atoms with Gasteiger partial charge >= 0.3 is 0 Å². The molecule has 2 heteroatoms. The van der Waals surface area contributed by atoms with Gasteiger partial charge in [-0.15, -0.1) is 0 Å². The summed E-state index contributed by atoms with van der Waals surface area (Å²) >= 11 is 0. The molecular weight excluding hydrogens is 160 g/mol. The second-order valence-electron chi connectivity index (χ2n) is 3.28. The van der Waals surface area contributed by atoms with Crippen molar-refractivity contribution in [1.82, 2.24) is 4.98 Å².